The van der Waals surface area contributed by atoms with Crippen molar-refractivity contribution in [3.63, 3.8) is 0 Å². The molecule has 0 heterocycles. The van der Waals surface area contributed by atoms with Crippen LogP contribution in [0.2, 0.25) is 5.02 Å². The predicted molar refractivity (Wildman–Crippen MR) is 93.4 cm³/mol. The molecule has 0 fully saturated rings. The summed E-state index contributed by atoms with van der Waals surface area (Å²) < 4.78 is 0.952. The molecule has 3 nitrogen and oxygen atoms in total. The van der Waals surface area contributed by atoms with Crippen molar-refractivity contribution in [3.8, 4) is 0 Å². The molecule has 0 aliphatic rings. The maximum absolute atomic E-state index is 7.73. The third-order valence-corrected chi connectivity index (χ3v) is 4.27. The van der Waals surface area contributed by atoms with Crippen LogP contribution in [0, 0.1) is 5.41 Å². The first-order valence-corrected chi connectivity index (χ1v) is 7.69. The maximum atomic E-state index is 7.73. The van der Waals surface area contributed by atoms with Crippen LogP contribution in [0.15, 0.2) is 46.9 Å². The van der Waals surface area contributed by atoms with Crippen LogP contribution >= 0.6 is 27.5 Å². The maximum Gasteiger partial charge on any atom is 0.124 e. The molecule has 0 amide bonds. The average Bonchev–Trinajstić information content (AvgIpc) is 2.45. The smallest absolute Gasteiger partial charge is 0.124 e. The molecule has 5 heteroatoms. The highest BCUT2D eigenvalue weighted by atomic mass is 79.9. The highest BCUT2D eigenvalue weighted by molar-refractivity contribution is 9.10. The summed E-state index contributed by atoms with van der Waals surface area (Å²) in [7, 11) is 1.99. The number of halogens is 2. The van der Waals surface area contributed by atoms with E-state index in [-0.39, 0.29) is 11.9 Å². The summed E-state index contributed by atoms with van der Waals surface area (Å²) in [6.07, 6.45) is 0. The van der Waals surface area contributed by atoms with E-state index >= 15 is 0 Å². The van der Waals surface area contributed by atoms with Crippen molar-refractivity contribution in [2.24, 2.45) is 5.73 Å². The highest BCUT2D eigenvalue weighted by Gasteiger charge is 2.17. The Hall–Kier alpha value is -1.52. The average molecular weight is 367 g/mol. The summed E-state index contributed by atoms with van der Waals surface area (Å²) in [6, 6.07) is 13.6. The van der Waals surface area contributed by atoms with E-state index in [0.717, 1.165) is 21.3 Å². The van der Waals surface area contributed by atoms with Gasteiger partial charge >= 0.3 is 0 Å². The van der Waals surface area contributed by atoms with Gasteiger partial charge in [-0.3, -0.25) is 5.41 Å². The van der Waals surface area contributed by atoms with Crippen LogP contribution in [0.4, 0.5) is 5.69 Å². The van der Waals surface area contributed by atoms with E-state index in [1.165, 1.54) is 0 Å². The highest BCUT2D eigenvalue weighted by Crippen LogP contribution is 2.31. The number of amidine groups is 1. The minimum Gasteiger partial charge on any atom is -0.384 e. The van der Waals surface area contributed by atoms with E-state index in [1.54, 1.807) is 0 Å². The number of nitrogens with two attached hydrogens (primary N) is 1. The van der Waals surface area contributed by atoms with Crippen molar-refractivity contribution >= 4 is 39.1 Å². The van der Waals surface area contributed by atoms with Crippen molar-refractivity contribution in [2.45, 2.75) is 13.0 Å². The SMILES string of the molecule is CC(c1cccc(Cl)c1)N(C)c1cc(Br)ccc1C(=N)N. The van der Waals surface area contributed by atoms with Crippen LogP contribution in [0.5, 0.6) is 0 Å². The van der Waals surface area contributed by atoms with Gasteiger partial charge in [0.05, 0.1) is 6.04 Å². The summed E-state index contributed by atoms with van der Waals surface area (Å²) in [6.45, 7) is 2.09. The Morgan fingerprint density at radius 1 is 1.29 bits per heavy atom. The summed E-state index contributed by atoms with van der Waals surface area (Å²) in [5, 5.41) is 8.45. The van der Waals surface area contributed by atoms with Crippen molar-refractivity contribution in [1.82, 2.24) is 0 Å². The van der Waals surface area contributed by atoms with Crippen LogP contribution in [-0.4, -0.2) is 12.9 Å². The van der Waals surface area contributed by atoms with Gasteiger partial charge in [-0.2, -0.15) is 0 Å². The van der Waals surface area contributed by atoms with E-state index in [0.29, 0.717) is 5.02 Å². The van der Waals surface area contributed by atoms with Crippen LogP contribution < -0.4 is 10.6 Å². The monoisotopic (exact) mass is 365 g/mol. The molecule has 110 valence electrons. The molecule has 0 bridgehead atoms. The second kappa shape index (κ2) is 6.50. The van der Waals surface area contributed by atoms with Gasteiger partial charge in [0.15, 0.2) is 0 Å². The van der Waals surface area contributed by atoms with Crippen LogP contribution in [0.3, 0.4) is 0 Å². The summed E-state index contributed by atoms with van der Waals surface area (Å²) in [5.74, 6) is 0.0580. The zero-order chi connectivity index (χ0) is 15.6. The Labute approximate surface area is 138 Å². The third kappa shape index (κ3) is 3.57. The fourth-order valence-corrected chi connectivity index (χ4v) is 2.77. The van der Waals surface area contributed by atoms with E-state index in [9.17, 15) is 0 Å². The van der Waals surface area contributed by atoms with Gasteiger partial charge in [-0.15, -0.1) is 0 Å². The standard InChI is InChI=1S/C16H17BrClN3/c1-10(11-4-3-5-13(18)8-11)21(2)15-9-12(17)6-7-14(15)16(19)20/h3-10H,1-2H3,(H3,19,20). The van der Waals surface area contributed by atoms with E-state index in [1.807, 2.05) is 49.5 Å². The molecule has 0 radical (unpaired) electrons. The summed E-state index contributed by atoms with van der Waals surface area (Å²) in [5.41, 5.74) is 8.42. The molecule has 2 aromatic rings. The Morgan fingerprint density at radius 3 is 2.62 bits per heavy atom. The second-order valence-electron chi connectivity index (χ2n) is 4.92. The van der Waals surface area contributed by atoms with Crippen LogP contribution in [0.25, 0.3) is 0 Å². The summed E-state index contributed by atoms with van der Waals surface area (Å²) in [4.78, 5) is 2.09. The second-order valence-corrected chi connectivity index (χ2v) is 6.27. The molecule has 0 aliphatic carbocycles. The van der Waals surface area contributed by atoms with Gasteiger partial charge in [0, 0.05) is 27.8 Å². The van der Waals surface area contributed by atoms with Crippen LogP contribution in [-0.2, 0) is 0 Å². The number of anilines is 1. The van der Waals surface area contributed by atoms with Gasteiger partial charge in [-0.05, 0) is 42.8 Å². The molecular formula is C16H17BrClN3. The molecule has 0 saturated carbocycles. The molecule has 2 aromatic carbocycles. The molecule has 21 heavy (non-hydrogen) atoms. The number of nitrogen functional groups attached to an aromatic ring is 1. The first-order valence-electron chi connectivity index (χ1n) is 6.52. The van der Waals surface area contributed by atoms with Gasteiger partial charge in [0.1, 0.15) is 5.84 Å². The van der Waals surface area contributed by atoms with Gasteiger partial charge in [0.2, 0.25) is 0 Å². The quantitative estimate of drug-likeness (QED) is 0.614. The predicted octanol–water partition coefficient (Wildman–Crippen LogP) is 4.58. The van der Waals surface area contributed by atoms with Crippen molar-refractivity contribution < 1.29 is 0 Å². The largest absolute Gasteiger partial charge is 0.384 e. The molecule has 3 N–H and O–H groups in total. The Kier molecular flexibility index (Phi) is 4.91. The van der Waals surface area contributed by atoms with E-state index < -0.39 is 0 Å². The molecule has 0 aliphatic heterocycles. The molecule has 0 aromatic heterocycles. The van der Waals surface area contributed by atoms with Crippen molar-refractivity contribution in [2.75, 3.05) is 11.9 Å². The molecule has 1 unspecified atom stereocenters. The van der Waals surface area contributed by atoms with Gasteiger partial charge in [-0.25, -0.2) is 0 Å². The van der Waals surface area contributed by atoms with Gasteiger partial charge in [0.25, 0.3) is 0 Å². The lowest BCUT2D eigenvalue weighted by molar-refractivity contribution is 0.739. The third-order valence-electron chi connectivity index (χ3n) is 3.54. The lowest BCUT2D eigenvalue weighted by Crippen LogP contribution is -2.25. The topological polar surface area (TPSA) is 53.1 Å². The molecule has 0 saturated heterocycles. The normalized spacial score (nSPS) is 12.0. The number of benzene rings is 2. The molecule has 1 atom stereocenters. The zero-order valence-corrected chi connectivity index (χ0v) is 14.2. The minimum absolute atomic E-state index is 0.0580. The summed E-state index contributed by atoms with van der Waals surface area (Å²) >= 11 is 9.54. The number of hydrogen-bond acceptors (Lipinski definition) is 2. The Morgan fingerprint density at radius 2 is 2.00 bits per heavy atom. The van der Waals surface area contributed by atoms with Crippen molar-refractivity contribution in [3.05, 3.63) is 63.1 Å². The number of nitrogens with zero attached hydrogens (tertiary/aromatic N) is 1. The number of rotatable bonds is 4. The fraction of sp³-hybridized carbons (Fsp3) is 0.188. The Balaban J connectivity index is 2.41. The first kappa shape index (κ1) is 15.9. The number of hydrogen-bond donors (Lipinski definition) is 2. The Bertz CT molecular complexity index is 672. The zero-order valence-electron chi connectivity index (χ0n) is 11.9. The molecule has 0 spiro atoms. The van der Waals surface area contributed by atoms with E-state index in [4.69, 9.17) is 22.7 Å². The minimum atomic E-state index is 0.0580. The van der Waals surface area contributed by atoms with Crippen molar-refractivity contribution in [1.29, 1.82) is 5.41 Å². The lowest BCUT2D eigenvalue weighted by atomic mass is 10.0. The van der Waals surface area contributed by atoms with Crippen LogP contribution in [0.1, 0.15) is 24.1 Å². The van der Waals surface area contributed by atoms with Gasteiger partial charge < -0.3 is 10.6 Å². The van der Waals surface area contributed by atoms with E-state index in [2.05, 4.69) is 27.8 Å². The van der Waals surface area contributed by atoms with Gasteiger partial charge in [-0.1, -0.05) is 39.7 Å². The molecular weight excluding hydrogens is 350 g/mol. The number of nitrogens with one attached hydrogen (secondary N) is 1. The first-order chi connectivity index (χ1) is 9.90. The lowest BCUT2D eigenvalue weighted by Gasteiger charge is -2.29. The molecule has 2 rings (SSSR count). The fourth-order valence-electron chi connectivity index (χ4n) is 2.22.